The number of hydrogen-bond acceptors (Lipinski definition) is 3. The van der Waals surface area contributed by atoms with Crippen molar-refractivity contribution in [1.29, 1.82) is 0 Å². The monoisotopic (exact) mass is 296 g/mol. The fourth-order valence-corrected chi connectivity index (χ4v) is 3.13. The predicted octanol–water partition coefficient (Wildman–Crippen LogP) is 4.94. The summed E-state index contributed by atoms with van der Waals surface area (Å²) in [7, 11) is 0. The van der Waals surface area contributed by atoms with Gasteiger partial charge in [-0.2, -0.15) is 0 Å². The fourth-order valence-electron chi connectivity index (χ4n) is 2.90. The third-order valence-corrected chi connectivity index (χ3v) is 4.58. The maximum atomic E-state index is 10.8. The molecule has 0 bridgehead atoms. The van der Waals surface area contributed by atoms with Gasteiger partial charge in [-0.3, -0.25) is 10.1 Å². The van der Waals surface area contributed by atoms with E-state index in [1.54, 1.807) is 12.1 Å². The number of anilines is 1. The number of halogens is 1. The molecule has 0 radical (unpaired) electrons. The van der Waals surface area contributed by atoms with Crippen molar-refractivity contribution in [2.45, 2.75) is 52.0 Å². The molecule has 1 aromatic rings. The van der Waals surface area contributed by atoms with Gasteiger partial charge in [0.05, 0.1) is 4.92 Å². The summed E-state index contributed by atoms with van der Waals surface area (Å²) < 4.78 is 0. The van der Waals surface area contributed by atoms with Crippen molar-refractivity contribution in [2.75, 3.05) is 5.32 Å². The molecule has 110 valence electrons. The molecule has 1 saturated carbocycles. The van der Waals surface area contributed by atoms with E-state index in [-0.39, 0.29) is 10.7 Å². The normalized spacial score (nSPS) is 22.6. The summed E-state index contributed by atoms with van der Waals surface area (Å²) in [5.41, 5.74) is 1.77. The van der Waals surface area contributed by atoms with Gasteiger partial charge in [0.25, 0.3) is 5.69 Å². The van der Waals surface area contributed by atoms with Gasteiger partial charge in [0.1, 0.15) is 5.02 Å². The minimum atomic E-state index is -0.439. The molecule has 0 atom stereocenters. The Kier molecular flexibility index (Phi) is 4.86. The van der Waals surface area contributed by atoms with Crippen molar-refractivity contribution in [3.8, 4) is 0 Å². The first-order valence-corrected chi connectivity index (χ1v) is 7.60. The van der Waals surface area contributed by atoms with Crippen LogP contribution in [-0.4, -0.2) is 11.0 Å². The number of nitrogens with zero attached hydrogens (tertiary/aromatic N) is 1. The molecule has 0 heterocycles. The van der Waals surface area contributed by atoms with E-state index in [9.17, 15) is 10.1 Å². The number of nitro groups is 1. The van der Waals surface area contributed by atoms with E-state index in [2.05, 4.69) is 12.2 Å². The minimum Gasteiger partial charge on any atom is -0.382 e. The average Bonchev–Trinajstić information content (AvgIpc) is 2.43. The smallest absolute Gasteiger partial charge is 0.288 e. The fraction of sp³-hybridized carbons (Fsp3) is 0.600. The molecule has 1 fully saturated rings. The second-order valence-corrected chi connectivity index (χ2v) is 6.05. The van der Waals surface area contributed by atoms with E-state index in [4.69, 9.17) is 11.6 Å². The summed E-state index contributed by atoms with van der Waals surface area (Å²) in [5, 5.41) is 14.5. The molecule has 0 unspecified atom stereocenters. The Bertz CT molecular complexity index is 497. The van der Waals surface area contributed by atoms with Crippen molar-refractivity contribution in [3.05, 3.63) is 32.8 Å². The standard InChI is InChI=1S/C15H21ClN2O2/c1-3-11-4-6-12(7-5-11)17-14-9-13(16)15(18(19)20)8-10(14)2/h8-9,11-12,17H,3-7H2,1-2H3. The summed E-state index contributed by atoms with van der Waals surface area (Å²) in [4.78, 5) is 10.4. The van der Waals surface area contributed by atoms with Gasteiger partial charge in [-0.05, 0) is 50.2 Å². The Morgan fingerprint density at radius 3 is 2.55 bits per heavy atom. The Labute approximate surface area is 124 Å². The minimum absolute atomic E-state index is 0.0237. The van der Waals surface area contributed by atoms with Crippen molar-refractivity contribution in [2.24, 2.45) is 5.92 Å². The first-order valence-electron chi connectivity index (χ1n) is 7.22. The number of nitrogens with one attached hydrogen (secondary N) is 1. The predicted molar refractivity (Wildman–Crippen MR) is 82.5 cm³/mol. The Hall–Kier alpha value is -1.29. The first-order chi connectivity index (χ1) is 9.51. The topological polar surface area (TPSA) is 55.2 Å². The highest BCUT2D eigenvalue weighted by molar-refractivity contribution is 6.33. The van der Waals surface area contributed by atoms with Crippen LogP contribution in [0.2, 0.25) is 5.02 Å². The molecule has 0 aromatic heterocycles. The molecule has 0 aliphatic heterocycles. The molecule has 1 aliphatic carbocycles. The average molecular weight is 297 g/mol. The van der Waals surface area contributed by atoms with Gasteiger partial charge in [-0.1, -0.05) is 24.9 Å². The largest absolute Gasteiger partial charge is 0.382 e. The first kappa shape index (κ1) is 15.1. The highest BCUT2D eigenvalue weighted by atomic mass is 35.5. The van der Waals surface area contributed by atoms with Gasteiger partial charge in [0, 0.05) is 17.8 Å². The quantitative estimate of drug-likeness (QED) is 0.632. The lowest BCUT2D eigenvalue weighted by molar-refractivity contribution is -0.384. The third kappa shape index (κ3) is 3.42. The summed E-state index contributed by atoms with van der Waals surface area (Å²) in [6, 6.07) is 3.68. The van der Waals surface area contributed by atoms with Gasteiger partial charge >= 0.3 is 0 Å². The second-order valence-electron chi connectivity index (χ2n) is 5.65. The maximum absolute atomic E-state index is 10.8. The number of aryl methyl sites for hydroxylation is 1. The Balaban J connectivity index is 2.07. The maximum Gasteiger partial charge on any atom is 0.288 e. The molecule has 1 aromatic carbocycles. The van der Waals surface area contributed by atoms with E-state index < -0.39 is 4.92 Å². The molecule has 4 nitrogen and oxygen atoms in total. The number of hydrogen-bond donors (Lipinski definition) is 1. The summed E-state index contributed by atoms with van der Waals surface area (Å²) in [6.45, 7) is 4.13. The van der Waals surface area contributed by atoms with Crippen LogP contribution in [0.5, 0.6) is 0 Å². The molecule has 0 amide bonds. The highest BCUT2D eigenvalue weighted by Crippen LogP contribution is 2.33. The van der Waals surface area contributed by atoms with E-state index in [1.165, 1.54) is 19.3 Å². The highest BCUT2D eigenvalue weighted by Gasteiger charge is 2.21. The number of nitro benzene ring substituents is 1. The van der Waals surface area contributed by atoms with Gasteiger partial charge in [-0.25, -0.2) is 0 Å². The second kappa shape index (κ2) is 6.44. The molecule has 0 saturated heterocycles. The molecular formula is C15H21ClN2O2. The zero-order valence-electron chi connectivity index (χ0n) is 12.0. The van der Waals surface area contributed by atoms with Crippen LogP contribution in [0.3, 0.4) is 0 Å². The Morgan fingerprint density at radius 2 is 2.00 bits per heavy atom. The van der Waals surface area contributed by atoms with Crippen molar-refractivity contribution < 1.29 is 4.92 Å². The zero-order chi connectivity index (χ0) is 14.7. The molecule has 5 heteroatoms. The summed E-state index contributed by atoms with van der Waals surface area (Å²) in [5.74, 6) is 0.856. The van der Waals surface area contributed by atoms with Crippen molar-refractivity contribution in [3.63, 3.8) is 0 Å². The lowest BCUT2D eigenvalue weighted by atomic mass is 9.84. The van der Waals surface area contributed by atoms with Gasteiger partial charge < -0.3 is 5.32 Å². The van der Waals surface area contributed by atoms with Crippen LogP contribution in [0.1, 0.15) is 44.6 Å². The number of benzene rings is 1. The van der Waals surface area contributed by atoms with Gasteiger partial charge in [0.2, 0.25) is 0 Å². The zero-order valence-corrected chi connectivity index (χ0v) is 12.7. The number of rotatable bonds is 4. The molecule has 0 spiro atoms. The van der Waals surface area contributed by atoms with Gasteiger partial charge in [0.15, 0.2) is 0 Å². The van der Waals surface area contributed by atoms with Crippen LogP contribution in [0.4, 0.5) is 11.4 Å². The molecule has 1 N–H and O–H groups in total. The van der Waals surface area contributed by atoms with Crippen LogP contribution < -0.4 is 5.32 Å². The molecule has 1 aliphatic rings. The van der Waals surface area contributed by atoms with Gasteiger partial charge in [-0.15, -0.1) is 0 Å². The summed E-state index contributed by atoms with van der Waals surface area (Å²) in [6.07, 6.45) is 6.09. The molecule has 2 rings (SSSR count). The van der Waals surface area contributed by atoms with Crippen molar-refractivity contribution >= 4 is 23.0 Å². The van der Waals surface area contributed by atoms with E-state index in [1.807, 2.05) is 6.92 Å². The lowest BCUT2D eigenvalue weighted by Gasteiger charge is -2.29. The SMILES string of the molecule is CCC1CCC(Nc2cc(Cl)c([N+](=O)[O-])cc2C)CC1. The van der Waals surface area contributed by atoms with Crippen LogP contribution >= 0.6 is 11.6 Å². The van der Waals surface area contributed by atoms with Crippen LogP contribution in [0.25, 0.3) is 0 Å². The van der Waals surface area contributed by atoms with Crippen LogP contribution in [-0.2, 0) is 0 Å². The lowest BCUT2D eigenvalue weighted by Crippen LogP contribution is -2.26. The van der Waals surface area contributed by atoms with E-state index in [0.717, 1.165) is 30.0 Å². The van der Waals surface area contributed by atoms with Crippen molar-refractivity contribution in [1.82, 2.24) is 0 Å². The van der Waals surface area contributed by atoms with Crippen LogP contribution in [0, 0.1) is 23.0 Å². The third-order valence-electron chi connectivity index (χ3n) is 4.27. The molecular weight excluding hydrogens is 276 g/mol. The molecule has 20 heavy (non-hydrogen) atoms. The van der Waals surface area contributed by atoms with E-state index in [0.29, 0.717) is 6.04 Å². The Morgan fingerprint density at radius 1 is 1.35 bits per heavy atom. The summed E-state index contributed by atoms with van der Waals surface area (Å²) >= 11 is 5.98. The van der Waals surface area contributed by atoms with Crippen LogP contribution in [0.15, 0.2) is 12.1 Å². The van der Waals surface area contributed by atoms with E-state index >= 15 is 0 Å².